The first kappa shape index (κ1) is 11.7. The summed E-state index contributed by atoms with van der Waals surface area (Å²) in [7, 11) is 2.05. The molecular weight excluding hydrogens is 198 g/mol. The van der Waals surface area contributed by atoms with Gasteiger partial charge in [-0.2, -0.15) is 0 Å². The third kappa shape index (κ3) is 2.32. The molecule has 0 aromatic carbocycles. The lowest BCUT2D eigenvalue weighted by Gasteiger charge is -2.16. The summed E-state index contributed by atoms with van der Waals surface area (Å²) in [6.07, 6.45) is 5.48. The van der Waals surface area contributed by atoms with Crippen molar-refractivity contribution >= 4 is 0 Å². The number of aryl methyl sites for hydroxylation is 2. The van der Waals surface area contributed by atoms with Gasteiger partial charge >= 0.3 is 0 Å². The largest absolute Gasteiger partial charge is 0.466 e. The van der Waals surface area contributed by atoms with Crippen LogP contribution in [0.3, 0.4) is 0 Å². The van der Waals surface area contributed by atoms with Crippen molar-refractivity contribution in [3.8, 4) is 0 Å². The Morgan fingerprint density at radius 2 is 1.94 bits per heavy atom. The monoisotopic (exact) mass is 221 g/mol. The minimum absolute atomic E-state index is 0.470. The standard InChI is InChI=1S/C14H23NO/c1-9-10(2)16-11(3)14(9)13(15-4)8-7-12-5-6-12/h12-13,15H,5-8H2,1-4H3. The molecule has 0 aliphatic heterocycles. The summed E-state index contributed by atoms with van der Waals surface area (Å²) in [5.74, 6) is 3.16. The average Bonchev–Trinajstić information content (AvgIpc) is 3.02. The number of hydrogen-bond acceptors (Lipinski definition) is 2. The first-order valence-corrected chi connectivity index (χ1v) is 6.37. The minimum Gasteiger partial charge on any atom is -0.466 e. The summed E-state index contributed by atoms with van der Waals surface area (Å²) in [5.41, 5.74) is 2.72. The third-order valence-corrected chi connectivity index (χ3v) is 3.88. The zero-order valence-corrected chi connectivity index (χ0v) is 10.9. The fourth-order valence-electron chi connectivity index (χ4n) is 2.56. The van der Waals surface area contributed by atoms with E-state index in [9.17, 15) is 0 Å². The minimum atomic E-state index is 0.470. The van der Waals surface area contributed by atoms with Gasteiger partial charge in [0.2, 0.25) is 0 Å². The molecule has 1 N–H and O–H groups in total. The van der Waals surface area contributed by atoms with Gasteiger partial charge in [0.15, 0.2) is 0 Å². The second kappa shape index (κ2) is 4.62. The normalized spacial score (nSPS) is 17.8. The highest BCUT2D eigenvalue weighted by Gasteiger charge is 2.25. The van der Waals surface area contributed by atoms with Crippen LogP contribution in [-0.2, 0) is 0 Å². The summed E-state index contributed by atoms with van der Waals surface area (Å²) in [6, 6.07) is 0.470. The van der Waals surface area contributed by atoms with E-state index in [1.54, 1.807) is 0 Å². The first-order chi connectivity index (χ1) is 7.63. The van der Waals surface area contributed by atoms with E-state index in [1.165, 1.54) is 36.8 Å². The van der Waals surface area contributed by atoms with Crippen LogP contribution in [-0.4, -0.2) is 7.05 Å². The van der Waals surface area contributed by atoms with Crippen LogP contribution in [0.1, 0.15) is 54.4 Å². The van der Waals surface area contributed by atoms with Gasteiger partial charge < -0.3 is 9.73 Å². The smallest absolute Gasteiger partial charge is 0.106 e. The van der Waals surface area contributed by atoms with E-state index in [0.29, 0.717) is 6.04 Å². The van der Waals surface area contributed by atoms with Gasteiger partial charge in [0.25, 0.3) is 0 Å². The topological polar surface area (TPSA) is 25.2 Å². The van der Waals surface area contributed by atoms with Gasteiger partial charge in [-0.05, 0) is 52.1 Å². The Labute approximate surface area is 98.4 Å². The van der Waals surface area contributed by atoms with Gasteiger partial charge in [-0.1, -0.05) is 12.8 Å². The summed E-state index contributed by atoms with van der Waals surface area (Å²) < 4.78 is 5.71. The molecule has 0 bridgehead atoms. The Hall–Kier alpha value is -0.760. The van der Waals surface area contributed by atoms with E-state index in [2.05, 4.69) is 33.1 Å². The maximum Gasteiger partial charge on any atom is 0.106 e. The zero-order chi connectivity index (χ0) is 11.7. The van der Waals surface area contributed by atoms with E-state index in [-0.39, 0.29) is 0 Å². The van der Waals surface area contributed by atoms with Crippen molar-refractivity contribution in [1.29, 1.82) is 0 Å². The Morgan fingerprint density at radius 1 is 1.25 bits per heavy atom. The van der Waals surface area contributed by atoms with E-state index >= 15 is 0 Å². The van der Waals surface area contributed by atoms with Crippen LogP contribution in [0, 0.1) is 26.7 Å². The van der Waals surface area contributed by atoms with Crippen LogP contribution in [0.15, 0.2) is 4.42 Å². The van der Waals surface area contributed by atoms with Crippen LogP contribution < -0.4 is 5.32 Å². The van der Waals surface area contributed by atoms with Gasteiger partial charge in [-0.3, -0.25) is 0 Å². The second-order valence-electron chi connectivity index (χ2n) is 5.12. The molecule has 1 aromatic heterocycles. The van der Waals surface area contributed by atoms with Crippen molar-refractivity contribution in [3.05, 3.63) is 22.6 Å². The quantitative estimate of drug-likeness (QED) is 0.821. The summed E-state index contributed by atoms with van der Waals surface area (Å²) in [4.78, 5) is 0. The molecule has 1 aromatic rings. The Kier molecular flexibility index (Phi) is 3.38. The van der Waals surface area contributed by atoms with Gasteiger partial charge in [0.1, 0.15) is 11.5 Å². The van der Waals surface area contributed by atoms with Gasteiger partial charge in [-0.15, -0.1) is 0 Å². The summed E-state index contributed by atoms with van der Waals surface area (Å²) in [6.45, 7) is 6.30. The highest BCUT2D eigenvalue weighted by molar-refractivity contribution is 5.34. The van der Waals surface area contributed by atoms with Crippen molar-refractivity contribution in [2.75, 3.05) is 7.05 Å². The van der Waals surface area contributed by atoms with Crippen molar-refractivity contribution in [2.45, 2.75) is 52.5 Å². The second-order valence-corrected chi connectivity index (χ2v) is 5.12. The lowest BCUT2D eigenvalue weighted by Crippen LogP contribution is -2.17. The van der Waals surface area contributed by atoms with Gasteiger partial charge in [0.05, 0.1) is 0 Å². The van der Waals surface area contributed by atoms with Crippen LogP contribution in [0.25, 0.3) is 0 Å². The summed E-state index contributed by atoms with van der Waals surface area (Å²) >= 11 is 0. The Balaban J connectivity index is 2.11. The fraction of sp³-hybridized carbons (Fsp3) is 0.714. The van der Waals surface area contributed by atoms with Crippen LogP contribution >= 0.6 is 0 Å². The van der Waals surface area contributed by atoms with Crippen molar-refractivity contribution in [2.24, 2.45) is 5.92 Å². The lowest BCUT2D eigenvalue weighted by atomic mass is 9.97. The molecule has 1 heterocycles. The van der Waals surface area contributed by atoms with Gasteiger partial charge in [-0.25, -0.2) is 0 Å². The maximum atomic E-state index is 5.71. The van der Waals surface area contributed by atoms with Crippen LogP contribution in [0.4, 0.5) is 0 Å². The predicted octanol–water partition coefficient (Wildman–Crippen LogP) is 3.66. The molecule has 0 radical (unpaired) electrons. The van der Waals surface area contributed by atoms with Crippen molar-refractivity contribution in [1.82, 2.24) is 5.32 Å². The molecule has 2 nitrogen and oxygen atoms in total. The molecule has 0 spiro atoms. The zero-order valence-electron chi connectivity index (χ0n) is 10.9. The molecule has 1 aliphatic carbocycles. The van der Waals surface area contributed by atoms with E-state index < -0.39 is 0 Å². The lowest BCUT2D eigenvalue weighted by molar-refractivity contribution is 0.472. The molecule has 90 valence electrons. The highest BCUT2D eigenvalue weighted by Crippen LogP contribution is 2.37. The molecule has 0 saturated heterocycles. The fourth-order valence-corrected chi connectivity index (χ4v) is 2.56. The van der Waals surface area contributed by atoms with Gasteiger partial charge in [0, 0.05) is 11.6 Å². The predicted molar refractivity (Wildman–Crippen MR) is 66.7 cm³/mol. The molecule has 2 heteroatoms. The Bertz CT molecular complexity index is 363. The maximum absolute atomic E-state index is 5.71. The number of furan rings is 1. The number of hydrogen-bond donors (Lipinski definition) is 1. The number of nitrogens with one attached hydrogen (secondary N) is 1. The average molecular weight is 221 g/mol. The number of rotatable bonds is 5. The molecule has 2 rings (SSSR count). The summed E-state index contributed by atoms with van der Waals surface area (Å²) in [5, 5.41) is 3.44. The highest BCUT2D eigenvalue weighted by atomic mass is 16.3. The van der Waals surface area contributed by atoms with E-state index in [0.717, 1.165) is 17.4 Å². The first-order valence-electron chi connectivity index (χ1n) is 6.37. The molecular formula is C14H23NO. The molecule has 16 heavy (non-hydrogen) atoms. The van der Waals surface area contributed by atoms with Crippen molar-refractivity contribution in [3.63, 3.8) is 0 Å². The van der Waals surface area contributed by atoms with Crippen molar-refractivity contribution < 1.29 is 4.42 Å². The molecule has 1 atom stereocenters. The Morgan fingerprint density at radius 3 is 2.38 bits per heavy atom. The SMILES string of the molecule is CNC(CCC1CC1)c1c(C)oc(C)c1C. The third-order valence-electron chi connectivity index (χ3n) is 3.88. The van der Waals surface area contributed by atoms with E-state index in [4.69, 9.17) is 4.42 Å². The molecule has 0 amide bonds. The molecule has 1 unspecified atom stereocenters. The van der Waals surface area contributed by atoms with Crippen LogP contribution in [0.5, 0.6) is 0 Å². The van der Waals surface area contributed by atoms with E-state index in [1.807, 2.05) is 0 Å². The molecule has 1 saturated carbocycles. The molecule has 1 fully saturated rings. The molecule has 1 aliphatic rings. The van der Waals surface area contributed by atoms with Crippen LogP contribution in [0.2, 0.25) is 0 Å².